The number of nitrogens with zero attached hydrogens (tertiary/aromatic N) is 1. The highest BCUT2D eigenvalue weighted by molar-refractivity contribution is 7.09. The lowest BCUT2D eigenvalue weighted by Gasteiger charge is -2.44. The van der Waals surface area contributed by atoms with Gasteiger partial charge in [-0.2, -0.15) is 0 Å². The zero-order valence-electron chi connectivity index (χ0n) is 12.8. The molecule has 0 radical (unpaired) electrons. The van der Waals surface area contributed by atoms with E-state index in [4.69, 9.17) is 5.73 Å². The molecule has 0 saturated heterocycles. The zero-order valence-corrected chi connectivity index (χ0v) is 13.6. The summed E-state index contributed by atoms with van der Waals surface area (Å²) in [7, 11) is 0. The van der Waals surface area contributed by atoms with Crippen molar-refractivity contribution in [2.45, 2.75) is 52.6 Å². The second-order valence-electron chi connectivity index (χ2n) is 6.85. The van der Waals surface area contributed by atoms with E-state index < -0.39 is 0 Å². The maximum absolute atomic E-state index is 6.25. The third-order valence-electron chi connectivity index (χ3n) is 4.85. The molecule has 108 valence electrons. The van der Waals surface area contributed by atoms with Crippen molar-refractivity contribution < 1.29 is 0 Å². The fourth-order valence-electron chi connectivity index (χ4n) is 4.09. The number of hydrogen-bond donors (Lipinski definition) is 1. The third-order valence-corrected chi connectivity index (χ3v) is 5.71. The van der Waals surface area contributed by atoms with Gasteiger partial charge in [0, 0.05) is 23.5 Å². The second-order valence-corrected chi connectivity index (χ2v) is 7.88. The van der Waals surface area contributed by atoms with Crippen molar-refractivity contribution in [2.24, 2.45) is 17.1 Å². The average Bonchev–Trinajstić information content (AvgIpc) is 2.92. The summed E-state index contributed by atoms with van der Waals surface area (Å²) >= 11 is 1.85. The lowest BCUT2D eigenvalue weighted by atomic mass is 9.84. The van der Waals surface area contributed by atoms with Crippen molar-refractivity contribution in [1.29, 1.82) is 0 Å². The number of hydrogen-bond acceptors (Lipinski definition) is 3. The summed E-state index contributed by atoms with van der Waals surface area (Å²) in [5.41, 5.74) is 6.85. The first-order chi connectivity index (χ1) is 8.93. The van der Waals surface area contributed by atoms with Crippen LogP contribution in [0.25, 0.3) is 0 Å². The standard InChI is InChI=1S/C16H28N2S/c1-5-18(10-14-7-6-8-19-14)16(12-17)11-15(3,4)9-13(16)2/h6-8,13H,5,9-12,17H2,1-4H3. The van der Waals surface area contributed by atoms with Gasteiger partial charge in [-0.3, -0.25) is 4.90 Å². The Balaban J connectivity index is 2.23. The highest BCUT2D eigenvalue weighted by Gasteiger charge is 2.50. The number of likely N-dealkylation sites (N-methyl/N-ethyl adjacent to an activating group) is 1. The first-order valence-corrected chi connectivity index (χ1v) is 8.29. The second kappa shape index (κ2) is 5.55. The molecule has 0 aliphatic heterocycles. The molecule has 2 rings (SSSR count). The van der Waals surface area contributed by atoms with Gasteiger partial charge < -0.3 is 5.73 Å². The molecule has 19 heavy (non-hydrogen) atoms. The van der Waals surface area contributed by atoms with E-state index in [1.54, 1.807) is 0 Å². The van der Waals surface area contributed by atoms with E-state index in [2.05, 4.69) is 50.1 Å². The van der Waals surface area contributed by atoms with E-state index >= 15 is 0 Å². The molecule has 2 atom stereocenters. The van der Waals surface area contributed by atoms with E-state index in [0.717, 1.165) is 19.6 Å². The van der Waals surface area contributed by atoms with Gasteiger partial charge in [-0.05, 0) is 42.2 Å². The first kappa shape index (κ1) is 15.0. The molecule has 2 N–H and O–H groups in total. The fourth-order valence-corrected chi connectivity index (χ4v) is 4.81. The molecule has 0 bridgehead atoms. The van der Waals surface area contributed by atoms with Gasteiger partial charge in [-0.1, -0.05) is 33.8 Å². The number of nitrogens with two attached hydrogens (primary N) is 1. The van der Waals surface area contributed by atoms with Gasteiger partial charge >= 0.3 is 0 Å². The van der Waals surface area contributed by atoms with E-state index in [0.29, 0.717) is 11.3 Å². The van der Waals surface area contributed by atoms with Gasteiger partial charge in [0.1, 0.15) is 0 Å². The van der Waals surface area contributed by atoms with Gasteiger partial charge in [-0.15, -0.1) is 11.3 Å². The summed E-state index contributed by atoms with van der Waals surface area (Å²) in [6, 6.07) is 4.38. The molecule has 1 fully saturated rings. The minimum Gasteiger partial charge on any atom is -0.329 e. The van der Waals surface area contributed by atoms with Crippen molar-refractivity contribution in [3.63, 3.8) is 0 Å². The van der Waals surface area contributed by atoms with Crippen LogP contribution in [-0.4, -0.2) is 23.5 Å². The van der Waals surface area contributed by atoms with Crippen LogP contribution in [0.5, 0.6) is 0 Å². The molecule has 1 aromatic heterocycles. The summed E-state index contributed by atoms with van der Waals surface area (Å²) < 4.78 is 0. The Labute approximate surface area is 122 Å². The molecule has 0 amide bonds. The molecule has 1 heterocycles. The van der Waals surface area contributed by atoms with Crippen LogP contribution in [0.4, 0.5) is 0 Å². The fraction of sp³-hybridized carbons (Fsp3) is 0.750. The Hall–Kier alpha value is -0.380. The molecule has 3 heteroatoms. The van der Waals surface area contributed by atoms with Gasteiger partial charge in [0.05, 0.1) is 0 Å². The minimum atomic E-state index is 0.183. The maximum atomic E-state index is 6.25. The highest BCUT2D eigenvalue weighted by atomic mass is 32.1. The number of thiophene rings is 1. The van der Waals surface area contributed by atoms with Crippen LogP contribution in [-0.2, 0) is 6.54 Å². The van der Waals surface area contributed by atoms with Crippen LogP contribution < -0.4 is 5.73 Å². The van der Waals surface area contributed by atoms with Crippen LogP contribution in [0, 0.1) is 11.3 Å². The topological polar surface area (TPSA) is 29.3 Å². The molecule has 0 spiro atoms. The van der Waals surface area contributed by atoms with E-state index in [-0.39, 0.29) is 5.54 Å². The van der Waals surface area contributed by atoms with Crippen LogP contribution in [0.1, 0.15) is 45.4 Å². The third kappa shape index (κ3) is 2.88. The van der Waals surface area contributed by atoms with E-state index in [9.17, 15) is 0 Å². The summed E-state index contributed by atoms with van der Waals surface area (Å²) in [5, 5.41) is 2.17. The van der Waals surface area contributed by atoms with Crippen molar-refractivity contribution in [3.05, 3.63) is 22.4 Å². The molecule has 1 aromatic rings. The van der Waals surface area contributed by atoms with Crippen LogP contribution >= 0.6 is 11.3 Å². The molecule has 2 unspecified atom stereocenters. The van der Waals surface area contributed by atoms with E-state index in [1.165, 1.54) is 17.7 Å². The van der Waals surface area contributed by atoms with Gasteiger partial charge in [-0.25, -0.2) is 0 Å². The molecule has 1 aliphatic rings. The molecule has 1 saturated carbocycles. The van der Waals surface area contributed by atoms with Gasteiger partial charge in [0.2, 0.25) is 0 Å². The minimum absolute atomic E-state index is 0.183. The Morgan fingerprint density at radius 2 is 2.21 bits per heavy atom. The smallest absolute Gasteiger partial charge is 0.0366 e. The monoisotopic (exact) mass is 280 g/mol. The molecular weight excluding hydrogens is 252 g/mol. The van der Waals surface area contributed by atoms with Crippen LogP contribution in [0.3, 0.4) is 0 Å². The maximum Gasteiger partial charge on any atom is 0.0366 e. The predicted octanol–water partition coefficient (Wildman–Crippen LogP) is 3.72. The van der Waals surface area contributed by atoms with Crippen LogP contribution in [0.15, 0.2) is 17.5 Å². The summed E-state index contributed by atoms with van der Waals surface area (Å²) in [4.78, 5) is 4.07. The first-order valence-electron chi connectivity index (χ1n) is 7.41. The Morgan fingerprint density at radius 3 is 2.63 bits per heavy atom. The zero-order chi connectivity index (χ0) is 14.1. The van der Waals surface area contributed by atoms with Gasteiger partial charge in [0.25, 0.3) is 0 Å². The quantitative estimate of drug-likeness (QED) is 0.890. The lowest BCUT2D eigenvalue weighted by Crippen LogP contribution is -2.55. The highest BCUT2D eigenvalue weighted by Crippen LogP contribution is 2.50. The van der Waals surface area contributed by atoms with Crippen LogP contribution in [0.2, 0.25) is 0 Å². The lowest BCUT2D eigenvalue weighted by molar-refractivity contribution is 0.0573. The molecule has 2 nitrogen and oxygen atoms in total. The number of rotatable bonds is 5. The molecule has 0 aromatic carbocycles. The van der Waals surface area contributed by atoms with Crippen molar-refractivity contribution in [1.82, 2.24) is 4.90 Å². The van der Waals surface area contributed by atoms with E-state index in [1.807, 2.05) is 11.3 Å². The summed E-state index contributed by atoms with van der Waals surface area (Å²) in [6.45, 7) is 12.3. The van der Waals surface area contributed by atoms with Crippen molar-refractivity contribution in [3.8, 4) is 0 Å². The molecular formula is C16H28N2S. The molecule has 1 aliphatic carbocycles. The van der Waals surface area contributed by atoms with Gasteiger partial charge in [0.15, 0.2) is 0 Å². The largest absolute Gasteiger partial charge is 0.329 e. The Morgan fingerprint density at radius 1 is 1.47 bits per heavy atom. The van der Waals surface area contributed by atoms with Crippen molar-refractivity contribution in [2.75, 3.05) is 13.1 Å². The Kier molecular flexibility index (Phi) is 4.38. The predicted molar refractivity (Wildman–Crippen MR) is 84.4 cm³/mol. The SMILES string of the molecule is CCN(Cc1cccs1)C1(CN)CC(C)(C)CC1C. The normalized spacial score (nSPS) is 30.1. The average molecular weight is 280 g/mol. The summed E-state index contributed by atoms with van der Waals surface area (Å²) in [5.74, 6) is 0.674. The Bertz CT molecular complexity index is 399. The summed E-state index contributed by atoms with van der Waals surface area (Å²) in [6.07, 6.45) is 2.50. The van der Waals surface area contributed by atoms with Crippen molar-refractivity contribution >= 4 is 11.3 Å².